The van der Waals surface area contributed by atoms with E-state index in [0.717, 1.165) is 0 Å². The second kappa shape index (κ2) is 8.44. The van der Waals surface area contributed by atoms with Crippen LogP contribution in [0.3, 0.4) is 0 Å². The zero-order valence-electron chi connectivity index (χ0n) is 16.7. The lowest BCUT2D eigenvalue weighted by Crippen LogP contribution is -2.21. The topological polar surface area (TPSA) is 102 Å². The summed E-state index contributed by atoms with van der Waals surface area (Å²) in [5.74, 6) is 1.77. The van der Waals surface area contributed by atoms with Crippen LogP contribution in [0.4, 0.5) is 0 Å². The molecule has 0 bridgehead atoms. The van der Waals surface area contributed by atoms with Crippen LogP contribution in [0.1, 0.15) is 5.89 Å². The molecule has 4 rings (SSSR count). The molecule has 31 heavy (non-hydrogen) atoms. The smallest absolute Gasteiger partial charge is 0.261 e. The Morgan fingerprint density at radius 3 is 2.35 bits per heavy atom. The predicted octanol–water partition coefficient (Wildman–Crippen LogP) is 3.83. The zero-order chi connectivity index (χ0) is 22.1. The number of methoxy groups -OCH3 is 3. The first-order valence-corrected chi connectivity index (χ1v) is 9.67. The molecule has 0 aliphatic carbocycles. The Morgan fingerprint density at radius 2 is 1.71 bits per heavy atom. The molecule has 0 spiro atoms. The average molecular weight is 463 g/mol. The van der Waals surface area contributed by atoms with Gasteiger partial charge in [0, 0.05) is 10.6 Å². The maximum atomic E-state index is 12.8. The molecule has 9 nitrogen and oxygen atoms in total. The summed E-state index contributed by atoms with van der Waals surface area (Å²) in [5.41, 5.74) is 0.605. The third-order valence-corrected chi connectivity index (χ3v) is 5.04. The van der Waals surface area contributed by atoms with Crippen molar-refractivity contribution in [1.29, 1.82) is 0 Å². The predicted molar refractivity (Wildman–Crippen MR) is 115 cm³/mol. The maximum Gasteiger partial charge on any atom is 0.261 e. The number of benzene rings is 2. The van der Waals surface area contributed by atoms with Gasteiger partial charge in [-0.05, 0) is 24.3 Å². The van der Waals surface area contributed by atoms with Crippen LogP contribution in [0.2, 0.25) is 10.0 Å². The summed E-state index contributed by atoms with van der Waals surface area (Å²) in [5, 5.41) is 9.03. The second-order valence-electron chi connectivity index (χ2n) is 6.38. The van der Waals surface area contributed by atoms with E-state index in [4.69, 9.17) is 41.8 Å². The highest BCUT2D eigenvalue weighted by molar-refractivity contribution is 6.38. The number of nitrogens with zero attached hydrogens (tertiary/aromatic N) is 4. The highest BCUT2D eigenvalue weighted by Gasteiger charge is 2.18. The van der Waals surface area contributed by atoms with Crippen LogP contribution < -0.4 is 19.8 Å². The molecule has 0 saturated carbocycles. The fourth-order valence-corrected chi connectivity index (χ4v) is 3.63. The van der Waals surface area contributed by atoms with Crippen molar-refractivity contribution in [2.45, 2.75) is 6.54 Å². The largest absolute Gasteiger partial charge is 0.493 e. The van der Waals surface area contributed by atoms with Crippen LogP contribution in [-0.2, 0) is 6.54 Å². The number of rotatable bonds is 6. The molecule has 2 aromatic heterocycles. The molecule has 0 unspecified atom stereocenters. The van der Waals surface area contributed by atoms with Gasteiger partial charge >= 0.3 is 0 Å². The molecule has 2 heterocycles. The lowest BCUT2D eigenvalue weighted by atomic mass is 10.2. The van der Waals surface area contributed by atoms with Crippen LogP contribution >= 0.6 is 23.2 Å². The summed E-state index contributed by atoms with van der Waals surface area (Å²) in [6, 6.07) is 6.42. The third-order valence-electron chi connectivity index (χ3n) is 4.53. The minimum absolute atomic E-state index is 0.0172. The highest BCUT2D eigenvalue weighted by Crippen LogP contribution is 2.40. The minimum Gasteiger partial charge on any atom is -0.493 e. The first-order valence-electron chi connectivity index (χ1n) is 8.92. The average Bonchev–Trinajstić information content (AvgIpc) is 3.23. The van der Waals surface area contributed by atoms with Crippen molar-refractivity contribution in [3.63, 3.8) is 0 Å². The fourth-order valence-electron chi connectivity index (χ4n) is 3.09. The van der Waals surface area contributed by atoms with Gasteiger partial charge in [0.15, 0.2) is 11.5 Å². The number of halogens is 2. The molecule has 160 valence electrons. The van der Waals surface area contributed by atoms with Gasteiger partial charge in [0.2, 0.25) is 17.5 Å². The minimum atomic E-state index is -0.332. The Bertz CT molecular complexity index is 1310. The normalized spacial score (nSPS) is 11.0. The van der Waals surface area contributed by atoms with E-state index >= 15 is 0 Å². The van der Waals surface area contributed by atoms with Gasteiger partial charge in [-0.25, -0.2) is 4.98 Å². The van der Waals surface area contributed by atoms with Gasteiger partial charge in [0.25, 0.3) is 5.56 Å². The lowest BCUT2D eigenvalue weighted by Gasteiger charge is -2.12. The zero-order valence-corrected chi connectivity index (χ0v) is 18.2. The monoisotopic (exact) mass is 462 g/mol. The number of hydrogen-bond donors (Lipinski definition) is 0. The summed E-state index contributed by atoms with van der Waals surface area (Å²) in [7, 11) is 4.54. The van der Waals surface area contributed by atoms with E-state index in [2.05, 4.69) is 15.2 Å². The molecule has 2 aromatic carbocycles. The van der Waals surface area contributed by atoms with Gasteiger partial charge in [-0.15, -0.1) is 10.2 Å². The molecule has 0 aliphatic heterocycles. The van der Waals surface area contributed by atoms with Gasteiger partial charge in [0.1, 0.15) is 6.54 Å². The molecule has 4 aromatic rings. The van der Waals surface area contributed by atoms with Gasteiger partial charge in [-0.1, -0.05) is 23.2 Å². The van der Waals surface area contributed by atoms with Crippen LogP contribution in [-0.4, -0.2) is 41.1 Å². The molecule has 0 amide bonds. The summed E-state index contributed by atoms with van der Waals surface area (Å²) >= 11 is 12.1. The molecular formula is C20H16Cl2N4O5. The van der Waals surface area contributed by atoms with Crippen molar-refractivity contribution in [3.8, 4) is 28.7 Å². The highest BCUT2D eigenvalue weighted by atomic mass is 35.5. The van der Waals surface area contributed by atoms with Gasteiger partial charge < -0.3 is 18.6 Å². The van der Waals surface area contributed by atoms with Crippen molar-refractivity contribution in [3.05, 3.63) is 56.9 Å². The Morgan fingerprint density at radius 1 is 1.00 bits per heavy atom. The van der Waals surface area contributed by atoms with E-state index in [0.29, 0.717) is 43.8 Å². The molecular weight excluding hydrogens is 447 g/mol. The number of aromatic nitrogens is 4. The van der Waals surface area contributed by atoms with E-state index in [1.54, 1.807) is 12.1 Å². The van der Waals surface area contributed by atoms with Crippen LogP contribution in [0.5, 0.6) is 17.2 Å². The van der Waals surface area contributed by atoms with Crippen LogP contribution in [0.15, 0.2) is 39.8 Å². The Hall–Kier alpha value is -3.30. The summed E-state index contributed by atoms with van der Waals surface area (Å²) < 4.78 is 23.1. The van der Waals surface area contributed by atoms with E-state index < -0.39 is 0 Å². The van der Waals surface area contributed by atoms with Crippen molar-refractivity contribution < 1.29 is 18.6 Å². The maximum absolute atomic E-state index is 12.8. The standard InChI is InChI=1S/C20H16Cl2N4O5/c1-28-14-4-10(5-15(29-2)18(14)30-3)19-25-24-16(31-19)8-26-9-23-17-12(20(26)27)6-11(21)7-13(17)22/h4-7,9H,8H2,1-3H3. The van der Waals surface area contributed by atoms with Crippen molar-refractivity contribution in [2.24, 2.45) is 0 Å². The van der Waals surface area contributed by atoms with Crippen LogP contribution in [0.25, 0.3) is 22.4 Å². The Labute approximate surface area is 186 Å². The molecule has 0 saturated heterocycles. The molecule has 0 fully saturated rings. The second-order valence-corrected chi connectivity index (χ2v) is 7.22. The molecule has 11 heteroatoms. The van der Waals surface area contributed by atoms with Crippen molar-refractivity contribution in [2.75, 3.05) is 21.3 Å². The van der Waals surface area contributed by atoms with E-state index in [9.17, 15) is 4.79 Å². The number of ether oxygens (including phenoxy) is 3. The summed E-state index contributed by atoms with van der Waals surface area (Å²) in [6.45, 7) is 0.0172. The van der Waals surface area contributed by atoms with Gasteiger partial charge in [0.05, 0.1) is 43.6 Å². The fraction of sp³-hybridized carbons (Fsp3) is 0.200. The first kappa shape index (κ1) is 21.0. The molecule has 0 aliphatic rings. The summed E-state index contributed by atoms with van der Waals surface area (Å²) in [4.78, 5) is 17.1. The number of hydrogen-bond acceptors (Lipinski definition) is 8. The molecule has 0 radical (unpaired) electrons. The molecule has 0 N–H and O–H groups in total. The molecule has 0 atom stereocenters. The Kier molecular flexibility index (Phi) is 5.71. The van der Waals surface area contributed by atoms with Gasteiger partial charge in [-0.3, -0.25) is 9.36 Å². The van der Waals surface area contributed by atoms with Crippen molar-refractivity contribution >= 4 is 34.1 Å². The SMILES string of the molecule is COc1cc(-c2nnc(Cn3cnc4c(Cl)cc(Cl)cc4c3=O)o2)cc(OC)c1OC. The van der Waals surface area contributed by atoms with E-state index in [-0.39, 0.29) is 23.9 Å². The lowest BCUT2D eigenvalue weighted by molar-refractivity contribution is 0.324. The van der Waals surface area contributed by atoms with E-state index in [1.165, 1.54) is 44.4 Å². The Balaban J connectivity index is 1.69. The van der Waals surface area contributed by atoms with Crippen molar-refractivity contribution in [1.82, 2.24) is 19.7 Å². The van der Waals surface area contributed by atoms with E-state index in [1.807, 2.05) is 0 Å². The third kappa shape index (κ3) is 3.89. The van der Waals surface area contributed by atoms with Gasteiger partial charge in [-0.2, -0.15) is 0 Å². The summed E-state index contributed by atoms with van der Waals surface area (Å²) in [6.07, 6.45) is 1.37. The van der Waals surface area contributed by atoms with Crippen LogP contribution in [0, 0.1) is 0 Å². The quantitative estimate of drug-likeness (QED) is 0.425. The number of fused-ring (bicyclic) bond motifs is 1. The first-order chi connectivity index (χ1) is 14.9.